The highest BCUT2D eigenvalue weighted by atomic mass is 79.9. The molecular formula is C18H20BrNO2. The molecule has 1 N–H and O–H groups in total. The van der Waals surface area contributed by atoms with Gasteiger partial charge in [0.05, 0.1) is 12.2 Å². The fraction of sp³-hybridized carbons (Fsp3) is 0.278. The maximum Gasteiger partial charge on any atom is 0.338 e. The first-order valence-electron chi connectivity index (χ1n) is 7.35. The maximum atomic E-state index is 12.0. The first-order valence-corrected chi connectivity index (χ1v) is 8.15. The molecule has 116 valence electrons. The van der Waals surface area contributed by atoms with Crippen LogP contribution in [0.2, 0.25) is 0 Å². The molecule has 1 unspecified atom stereocenters. The molecule has 3 nitrogen and oxygen atoms in total. The zero-order valence-corrected chi connectivity index (χ0v) is 14.4. The van der Waals surface area contributed by atoms with Crippen molar-refractivity contribution >= 4 is 21.9 Å². The lowest BCUT2D eigenvalue weighted by Crippen LogP contribution is -2.21. The van der Waals surface area contributed by atoms with E-state index < -0.39 is 0 Å². The average Bonchev–Trinajstić information content (AvgIpc) is 2.54. The van der Waals surface area contributed by atoms with Crippen LogP contribution in [0, 0.1) is 0 Å². The summed E-state index contributed by atoms with van der Waals surface area (Å²) in [6.07, 6.45) is 0. The van der Waals surface area contributed by atoms with E-state index in [0.29, 0.717) is 12.2 Å². The number of rotatable bonds is 6. The van der Waals surface area contributed by atoms with Gasteiger partial charge >= 0.3 is 5.97 Å². The van der Waals surface area contributed by atoms with Gasteiger partial charge in [0.15, 0.2) is 0 Å². The number of ether oxygens (including phenoxy) is 1. The van der Waals surface area contributed by atoms with Gasteiger partial charge in [0.2, 0.25) is 0 Å². The SMILES string of the molecule is CCOC(=O)c1ccccc1C(C)NCc1ccc(Br)cc1. The molecule has 2 aromatic carbocycles. The van der Waals surface area contributed by atoms with E-state index in [-0.39, 0.29) is 12.0 Å². The van der Waals surface area contributed by atoms with Gasteiger partial charge < -0.3 is 10.1 Å². The van der Waals surface area contributed by atoms with E-state index in [9.17, 15) is 4.79 Å². The van der Waals surface area contributed by atoms with E-state index >= 15 is 0 Å². The number of esters is 1. The lowest BCUT2D eigenvalue weighted by atomic mass is 10.0. The Kier molecular flexibility index (Phi) is 6.16. The topological polar surface area (TPSA) is 38.3 Å². The minimum Gasteiger partial charge on any atom is -0.462 e. The summed E-state index contributed by atoms with van der Waals surface area (Å²) in [5, 5.41) is 3.45. The fourth-order valence-corrected chi connectivity index (χ4v) is 2.52. The van der Waals surface area contributed by atoms with Gasteiger partial charge in [-0.1, -0.05) is 46.3 Å². The summed E-state index contributed by atoms with van der Waals surface area (Å²) in [5.74, 6) is -0.268. The Morgan fingerprint density at radius 3 is 2.55 bits per heavy atom. The molecule has 0 saturated carbocycles. The van der Waals surface area contributed by atoms with Gasteiger partial charge in [0.1, 0.15) is 0 Å². The quantitative estimate of drug-likeness (QED) is 0.771. The van der Waals surface area contributed by atoms with Gasteiger partial charge in [-0.15, -0.1) is 0 Å². The van der Waals surface area contributed by atoms with Crippen molar-refractivity contribution in [3.63, 3.8) is 0 Å². The largest absolute Gasteiger partial charge is 0.462 e. The summed E-state index contributed by atoms with van der Waals surface area (Å²) in [7, 11) is 0. The Balaban J connectivity index is 2.07. The van der Waals surface area contributed by atoms with Crippen molar-refractivity contribution in [3.05, 3.63) is 69.7 Å². The third-order valence-corrected chi connectivity index (χ3v) is 3.98. The van der Waals surface area contributed by atoms with Gasteiger partial charge in [-0.2, -0.15) is 0 Å². The number of hydrogen-bond donors (Lipinski definition) is 1. The molecule has 0 aliphatic carbocycles. The number of nitrogens with one attached hydrogen (secondary N) is 1. The van der Waals surface area contributed by atoms with Crippen LogP contribution < -0.4 is 5.32 Å². The Morgan fingerprint density at radius 2 is 1.86 bits per heavy atom. The van der Waals surface area contributed by atoms with Crippen LogP contribution in [0.5, 0.6) is 0 Å². The third kappa shape index (κ3) is 4.42. The Morgan fingerprint density at radius 1 is 1.18 bits per heavy atom. The van der Waals surface area contributed by atoms with Gasteiger partial charge in [-0.05, 0) is 43.2 Å². The monoisotopic (exact) mass is 361 g/mol. The molecule has 0 aromatic heterocycles. The number of carbonyl (C=O) groups is 1. The molecule has 0 bridgehead atoms. The van der Waals surface area contributed by atoms with Crippen molar-refractivity contribution in [1.29, 1.82) is 0 Å². The third-order valence-electron chi connectivity index (χ3n) is 3.45. The summed E-state index contributed by atoms with van der Waals surface area (Å²) in [5.41, 5.74) is 2.78. The number of hydrogen-bond acceptors (Lipinski definition) is 3. The number of halogens is 1. The first kappa shape index (κ1) is 16.7. The molecule has 0 aliphatic heterocycles. The van der Waals surface area contributed by atoms with Gasteiger partial charge in [-0.3, -0.25) is 0 Å². The summed E-state index contributed by atoms with van der Waals surface area (Å²) in [6, 6.07) is 15.8. The zero-order valence-electron chi connectivity index (χ0n) is 12.8. The van der Waals surface area contributed by atoms with E-state index in [1.807, 2.05) is 43.3 Å². The van der Waals surface area contributed by atoms with Crippen molar-refractivity contribution in [3.8, 4) is 0 Å². The number of carbonyl (C=O) groups excluding carboxylic acids is 1. The highest BCUT2D eigenvalue weighted by molar-refractivity contribution is 9.10. The first-order chi connectivity index (χ1) is 10.6. The van der Waals surface area contributed by atoms with E-state index in [0.717, 1.165) is 16.6 Å². The average molecular weight is 362 g/mol. The Labute approximate surface area is 139 Å². The van der Waals surface area contributed by atoms with Crippen molar-refractivity contribution in [2.45, 2.75) is 26.4 Å². The van der Waals surface area contributed by atoms with Gasteiger partial charge in [0.25, 0.3) is 0 Å². The van der Waals surface area contributed by atoms with Crippen LogP contribution in [-0.2, 0) is 11.3 Å². The van der Waals surface area contributed by atoms with Crippen molar-refractivity contribution in [1.82, 2.24) is 5.32 Å². The second-order valence-corrected chi connectivity index (χ2v) is 5.95. The predicted molar refractivity (Wildman–Crippen MR) is 91.8 cm³/mol. The minimum absolute atomic E-state index is 0.0595. The standard InChI is InChI=1S/C18H20BrNO2/c1-3-22-18(21)17-7-5-4-6-16(17)13(2)20-12-14-8-10-15(19)11-9-14/h4-11,13,20H,3,12H2,1-2H3. The maximum absolute atomic E-state index is 12.0. The van der Waals surface area contributed by atoms with E-state index in [1.165, 1.54) is 5.56 Å². The smallest absolute Gasteiger partial charge is 0.338 e. The van der Waals surface area contributed by atoms with Crippen LogP contribution >= 0.6 is 15.9 Å². The van der Waals surface area contributed by atoms with Crippen LogP contribution in [0.1, 0.15) is 41.4 Å². The second-order valence-electron chi connectivity index (χ2n) is 5.04. The summed E-state index contributed by atoms with van der Waals surface area (Å²) in [6.45, 7) is 4.99. The Bertz CT molecular complexity index is 625. The van der Waals surface area contributed by atoms with Crippen LogP contribution in [0.25, 0.3) is 0 Å². The molecule has 4 heteroatoms. The van der Waals surface area contributed by atoms with Crippen LogP contribution in [0.3, 0.4) is 0 Å². The van der Waals surface area contributed by atoms with Gasteiger partial charge in [-0.25, -0.2) is 4.79 Å². The molecule has 0 spiro atoms. The predicted octanol–water partition coefficient (Wildman–Crippen LogP) is 4.48. The summed E-state index contributed by atoms with van der Waals surface area (Å²) >= 11 is 3.43. The Hall–Kier alpha value is -1.65. The molecule has 0 heterocycles. The second kappa shape index (κ2) is 8.11. The number of benzene rings is 2. The molecule has 2 rings (SSSR count). The van der Waals surface area contributed by atoms with E-state index in [1.54, 1.807) is 0 Å². The zero-order chi connectivity index (χ0) is 15.9. The summed E-state index contributed by atoms with van der Waals surface area (Å²) in [4.78, 5) is 12.0. The van der Waals surface area contributed by atoms with Crippen LogP contribution in [0.15, 0.2) is 53.0 Å². The van der Waals surface area contributed by atoms with Gasteiger partial charge in [0, 0.05) is 17.1 Å². The molecule has 0 amide bonds. The highest BCUT2D eigenvalue weighted by Gasteiger charge is 2.16. The van der Waals surface area contributed by atoms with Crippen LogP contribution in [-0.4, -0.2) is 12.6 Å². The van der Waals surface area contributed by atoms with Crippen molar-refractivity contribution < 1.29 is 9.53 Å². The highest BCUT2D eigenvalue weighted by Crippen LogP contribution is 2.19. The molecule has 2 aromatic rings. The fourth-order valence-electron chi connectivity index (χ4n) is 2.25. The summed E-state index contributed by atoms with van der Waals surface area (Å²) < 4.78 is 6.19. The molecular weight excluding hydrogens is 342 g/mol. The van der Waals surface area contributed by atoms with Crippen molar-refractivity contribution in [2.24, 2.45) is 0 Å². The van der Waals surface area contributed by atoms with Crippen LogP contribution in [0.4, 0.5) is 0 Å². The normalized spacial score (nSPS) is 12.0. The minimum atomic E-state index is -0.268. The molecule has 0 radical (unpaired) electrons. The molecule has 0 aliphatic rings. The molecule has 0 saturated heterocycles. The van der Waals surface area contributed by atoms with E-state index in [2.05, 4.69) is 40.3 Å². The lowest BCUT2D eigenvalue weighted by Gasteiger charge is -2.17. The molecule has 22 heavy (non-hydrogen) atoms. The molecule has 1 atom stereocenters. The van der Waals surface area contributed by atoms with E-state index in [4.69, 9.17) is 4.74 Å². The lowest BCUT2D eigenvalue weighted by molar-refractivity contribution is 0.0524. The molecule has 0 fully saturated rings. The van der Waals surface area contributed by atoms with Crippen molar-refractivity contribution in [2.75, 3.05) is 6.61 Å².